The van der Waals surface area contributed by atoms with Crippen LogP contribution in [0.1, 0.15) is 12.5 Å². The summed E-state index contributed by atoms with van der Waals surface area (Å²) in [6, 6.07) is 0.440. The van der Waals surface area contributed by atoms with E-state index in [4.69, 9.17) is 0 Å². The summed E-state index contributed by atoms with van der Waals surface area (Å²) < 4.78 is 2.63. The van der Waals surface area contributed by atoms with Crippen molar-refractivity contribution in [1.82, 2.24) is 19.4 Å². The Morgan fingerprint density at radius 2 is 2.11 bits per heavy atom. The van der Waals surface area contributed by atoms with Crippen molar-refractivity contribution in [2.75, 3.05) is 19.6 Å². The molecule has 0 amide bonds. The standard InChI is InChI=1S/C12H20N4O2/c1-9-6-16(5-4-13-9)8-10-7-14(2)12(18)15(3)11(10)17/h7,9,13H,4-6,8H2,1-3H3. The van der Waals surface area contributed by atoms with Gasteiger partial charge in [0.25, 0.3) is 5.56 Å². The summed E-state index contributed by atoms with van der Waals surface area (Å²) in [6.45, 7) is 5.52. The van der Waals surface area contributed by atoms with Crippen LogP contribution in [0.2, 0.25) is 0 Å². The van der Waals surface area contributed by atoms with E-state index in [-0.39, 0.29) is 11.2 Å². The predicted molar refractivity (Wildman–Crippen MR) is 69.7 cm³/mol. The first-order chi connectivity index (χ1) is 8.49. The molecule has 1 fully saturated rings. The SMILES string of the molecule is CC1CN(Cc2cn(C)c(=O)n(C)c2=O)CCN1. The molecule has 1 N–H and O–H groups in total. The summed E-state index contributed by atoms with van der Waals surface area (Å²) in [5.74, 6) is 0. The van der Waals surface area contributed by atoms with E-state index >= 15 is 0 Å². The lowest BCUT2D eigenvalue weighted by Crippen LogP contribution is -2.49. The first-order valence-electron chi connectivity index (χ1n) is 6.20. The van der Waals surface area contributed by atoms with Crippen LogP contribution in [0, 0.1) is 0 Å². The lowest BCUT2D eigenvalue weighted by Gasteiger charge is -2.31. The van der Waals surface area contributed by atoms with Gasteiger partial charge in [0.05, 0.1) is 0 Å². The molecule has 0 bridgehead atoms. The van der Waals surface area contributed by atoms with Crippen molar-refractivity contribution in [3.63, 3.8) is 0 Å². The van der Waals surface area contributed by atoms with E-state index in [0.29, 0.717) is 18.2 Å². The first kappa shape index (κ1) is 13.0. The first-order valence-corrected chi connectivity index (χ1v) is 6.20. The summed E-state index contributed by atoms with van der Waals surface area (Å²) in [6.07, 6.45) is 1.65. The van der Waals surface area contributed by atoms with Gasteiger partial charge in [0.15, 0.2) is 0 Å². The molecule has 6 heteroatoms. The second kappa shape index (κ2) is 5.07. The minimum atomic E-state index is -0.280. The molecule has 1 aliphatic rings. The number of aryl methyl sites for hydroxylation is 1. The number of rotatable bonds is 2. The van der Waals surface area contributed by atoms with Gasteiger partial charge in [-0.2, -0.15) is 0 Å². The van der Waals surface area contributed by atoms with E-state index in [1.165, 1.54) is 16.2 Å². The molecule has 0 aromatic carbocycles. The minimum absolute atomic E-state index is 0.190. The minimum Gasteiger partial charge on any atom is -0.312 e. The highest BCUT2D eigenvalue weighted by Crippen LogP contribution is 2.03. The van der Waals surface area contributed by atoms with Crippen LogP contribution in [0.5, 0.6) is 0 Å². The van der Waals surface area contributed by atoms with Crippen LogP contribution in [0.25, 0.3) is 0 Å². The molecule has 1 saturated heterocycles. The highest BCUT2D eigenvalue weighted by Gasteiger charge is 2.17. The molecule has 1 aromatic rings. The maximum Gasteiger partial charge on any atom is 0.330 e. The molecule has 6 nitrogen and oxygen atoms in total. The molecule has 2 heterocycles. The van der Waals surface area contributed by atoms with Gasteiger partial charge < -0.3 is 9.88 Å². The van der Waals surface area contributed by atoms with Crippen LogP contribution in [-0.4, -0.2) is 39.7 Å². The van der Waals surface area contributed by atoms with Crippen molar-refractivity contribution in [2.45, 2.75) is 19.5 Å². The average molecular weight is 252 g/mol. The van der Waals surface area contributed by atoms with E-state index in [2.05, 4.69) is 17.1 Å². The lowest BCUT2D eigenvalue weighted by atomic mass is 10.2. The Hall–Kier alpha value is -1.40. The molecule has 0 spiro atoms. The van der Waals surface area contributed by atoms with Crippen LogP contribution < -0.4 is 16.6 Å². The normalized spacial score (nSPS) is 21.2. The zero-order valence-corrected chi connectivity index (χ0v) is 11.1. The second-order valence-corrected chi connectivity index (χ2v) is 5.00. The van der Waals surface area contributed by atoms with E-state index < -0.39 is 0 Å². The maximum atomic E-state index is 12.0. The van der Waals surface area contributed by atoms with Gasteiger partial charge in [0.1, 0.15) is 0 Å². The van der Waals surface area contributed by atoms with Gasteiger partial charge in [-0.1, -0.05) is 0 Å². The molecule has 1 unspecified atom stereocenters. The van der Waals surface area contributed by atoms with Crippen molar-refractivity contribution in [1.29, 1.82) is 0 Å². The molecule has 0 saturated carbocycles. The molecule has 1 atom stereocenters. The third-order valence-corrected chi connectivity index (χ3v) is 3.36. The van der Waals surface area contributed by atoms with Crippen molar-refractivity contribution in [3.05, 3.63) is 32.6 Å². The van der Waals surface area contributed by atoms with Crippen molar-refractivity contribution in [2.24, 2.45) is 14.1 Å². The number of hydrogen-bond acceptors (Lipinski definition) is 4. The zero-order valence-electron chi connectivity index (χ0n) is 11.1. The predicted octanol–water partition coefficient (Wildman–Crippen LogP) is -1.12. The Bertz CT molecular complexity index is 546. The smallest absolute Gasteiger partial charge is 0.312 e. The topological polar surface area (TPSA) is 59.3 Å². The highest BCUT2D eigenvalue weighted by molar-refractivity contribution is 5.05. The summed E-state index contributed by atoms with van der Waals surface area (Å²) in [5, 5.41) is 3.36. The zero-order chi connectivity index (χ0) is 13.3. The number of nitrogens with zero attached hydrogens (tertiary/aromatic N) is 3. The van der Waals surface area contributed by atoms with Gasteiger partial charge in [0.2, 0.25) is 0 Å². The lowest BCUT2D eigenvalue weighted by molar-refractivity contribution is 0.198. The Morgan fingerprint density at radius 3 is 2.78 bits per heavy atom. The number of nitrogens with one attached hydrogen (secondary N) is 1. The molecular formula is C12H20N4O2. The summed E-state index contributed by atoms with van der Waals surface area (Å²) >= 11 is 0. The second-order valence-electron chi connectivity index (χ2n) is 5.00. The Balaban J connectivity index is 2.24. The largest absolute Gasteiger partial charge is 0.330 e. The van der Waals surface area contributed by atoms with Gasteiger partial charge in [-0.15, -0.1) is 0 Å². The van der Waals surface area contributed by atoms with Gasteiger partial charge in [-0.3, -0.25) is 14.3 Å². The van der Waals surface area contributed by atoms with E-state index in [1.54, 1.807) is 13.2 Å². The molecule has 1 aliphatic heterocycles. The average Bonchev–Trinajstić information content (AvgIpc) is 2.33. The number of aromatic nitrogens is 2. The molecule has 0 radical (unpaired) electrons. The van der Waals surface area contributed by atoms with Gasteiger partial charge in [-0.05, 0) is 6.92 Å². The van der Waals surface area contributed by atoms with Crippen molar-refractivity contribution < 1.29 is 0 Å². The van der Waals surface area contributed by atoms with Gasteiger partial charge in [-0.25, -0.2) is 4.79 Å². The van der Waals surface area contributed by atoms with Crippen LogP contribution in [0.3, 0.4) is 0 Å². The Morgan fingerprint density at radius 1 is 1.39 bits per heavy atom. The fourth-order valence-electron chi connectivity index (χ4n) is 2.39. The van der Waals surface area contributed by atoms with Crippen molar-refractivity contribution in [3.8, 4) is 0 Å². The number of piperazine rings is 1. The molecule has 2 rings (SSSR count). The fraction of sp³-hybridized carbons (Fsp3) is 0.667. The Kier molecular flexibility index (Phi) is 3.68. The number of hydrogen-bond donors (Lipinski definition) is 1. The molecule has 1 aromatic heterocycles. The monoisotopic (exact) mass is 252 g/mol. The van der Waals surface area contributed by atoms with Crippen LogP contribution >= 0.6 is 0 Å². The van der Waals surface area contributed by atoms with E-state index in [0.717, 1.165) is 19.6 Å². The third kappa shape index (κ3) is 2.54. The summed E-state index contributed by atoms with van der Waals surface area (Å²) in [5.41, 5.74) is 0.204. The van der Waals surface area contributed by atoms with Gasteiger partial charge >= 0.3 is 5.69 Å². The summed E-state index contributed by atoms with van der Waals surface area (Å²) in [4.78, 5) is 25.8. The molecule has 100 valence electrons. The highest BCUT2D eigenvalue weighted by atomic mass is 16.2. The maximum absolute atomic E-state index is 12.0. The van der Waals surface area contributed by atoms with E-state index in [9.17, 15) is 9.59 Å². The van der Waals surface area contributed by atoms with Crippen LogP contribution in [0.15, 0.2) is 15.8 Å². The van der Waals surface area contributed by atoms with Crippen LogP contribution in [-0.2, 0) is 20.6 Å². The quantitative estimate of drug-likeness (QED) is 0.724. The molecular weight excluding hydrogens is 232 g/mol. The Labute approximate surface area is 106 Å². The summed E-state index contributed by atoms with van der Waals surface area (Å²) in [7, 11) is 3.19. The van der Waals surface area contributed by atoms with Crippen molar-refractivity contribution >= 4 is 0 Å². The molecule has 18 heavy (non-hydrogen) atoms. The van der Waals surface area contributed by atoms with Crippen LogP contribution in [0.4, 0.5) is 0 Å². The fourth-order valence-corrected chi connectivity index (χ4v) is 2.39. The molecule has 0 aliphatic carbocycles. The van der Waals surface area contributed by atoms with Gasteiger partial charge in [0, 0.05) is 58.1 Å². The third-order valence-electron chi connectivity index (χ3n) is 3.36. The van der Waals surface area contributed by atoms with E-state index in [1.807, 2.05) is 0 Å².